The van der Waals surface area contributed by atoms with Gasteiger partial charge in [0.15, 0.2) is 0 Å². The summed E-state index contributed by atoms with van der Waals surface area (Å²) in [5.74, 6) is 0. The van der Waals surface area contributed by atoms with Gasteiger partial charge in [0.2, 0.25) is 0 Å². The summed E-state index contributed by atoms with van der Waals surface area (Å²) in [6.45, 7) is 6.50. The average Bonchev–Trinajstić information content (AvgIpc) is 2.84. The first kappa shape index (κ1) is 15.1. The molecule has 3 nitrogen and oxygen atoms in total. The zero-order chi connectivity index (χ0) is 14.6. The number of pyridine rings is 2. The van der Waals surface area contributed by atoms with Gasteiger partial charge >= 0.3 is 0 Å². The van der Waals surface area contributed by atoms with Crippen LogP contribution in [-0.2, 0) is 25.5 Å². The Labute approximate surface area is 142 Å². The van der Waals surface area contributed by atoms with Gasteiger partial charge in [-0.3, -0.25) is 9.97 Å². The van der Waals surface area contributed by atoms with Crippen LogP contribution in [0.2, 0.25) is 0 Å². The molecule has 3 heterocycles. The van der Waals surface area contributed by atoms with Crippen LogP contribution in [0.5, 0.6) is 0 Å². The number of hydrogen-bond acceptors (Lipinski definition) is 2. The maximum atomic E-state index is 4.81. The van der Waals surface area contributed by atoms with Gasteiger partial charge in [0, 0.05) is 31.2 Å². The summed E-state index contributed by atoms with van der Waals surface area (Å²) >= 11 is 0. The van der Waals surface area contributed by atoms with Crippen LogP contribution in [0.25, 0.3) is 27.5 Å². The van der Waals surface area contributed by atoms with Crippen molar-refractivity contribution in [3.8, 4) is 0 Å². The monoisotopic (exact) mass is 467 g/mol. The molecule has 1 aromatic carbocycles. The summed E-state index contributed by atoms with van der Waals surface area (Å²) in [6, 6.07) is 13.5. The van der Waals surface area contributed by atoms with E-state index in [0.717, 1.165) is 33.1 Å². The van der Waals surface area contributed by atoms with Gasteiger partial charge in [-0.05, 0) is 12.3 Å². The van der Waals surface area contributed by atoms with Gasteiger partial charge in [0.25, 0.3) is 0 Å². The fraction of sp³-hybridized carbons (Fsp3) is 0.222. The molecule has 0 amide bonds. The molecule has 1 radical (unpaired) electrons. The second-order valence-electron chi connectivity index (χ2n) is 6.43. The Balaban J connectivity index is 0.00000144. The minimum absolute atomic E-state index is 0. The normalized spacial score (nSPS) is 12.0. The van der Waals surface area contributed by atoms with Crippen LogP contribution >= 0.6 is 0 Å². The van der Waals surface area contributed by atoms with Crippen LogP contribution in [0, 0.1) is 6.07 Å². The van der Waals surface area contributed by atoms with Gasteiger partial charge in [0.1, 0.15) is 0 Å². The SMILES string of the molecule is CC(C)(C)c1cc2nc3c4[c-]cccc4ccn3c2cn1.[Ir]. The van der Waals surface area contributed by atoms with E-state index in [1.54, 1.807) is 0 Å². The summed E-state index contributed by atoms with van der Waals surface area (Å²) in [5, 5.41) is 2.21. The predicted molar refractivity (Wildman–Crippen MR) is 85.5 cm³/mol. The van der Waals surface area contributed by atoms with Crippen molar-refractivity contribution in [3.63, 3.8) is 0 Å². The molecule has 22 heavy (non-hydrogen) atoms. The van der Waals surface area contributed by atoms with Gasteiger partial charge in [-0.25, -0.2) is 0 Å². The fourth-order valence-electron chi connectivity index (χ4n) is 2.67. The van der Waals surface area contributed by atoms with E-state index < -0.39 is 0 Å². The summed E-state index contributed by atoms with van der Waals surface area (Å²) < 4.78 is 2.09. The van der Waals surface area contributed by atoms with Crippen LogP contribution in [0.15, 0.2) is 42.7 Å². The van der Waals surface area contributed by atoms with E-state index in [-0.39, 0.29) is 25.5 Å². The maximum absolute atomic E-state index is 4.81. The molecule has 0 aliphatic heterocycles. The molecule has 0 aliphatic carbocycles. The van der Waals surface area contributed by atoms with Gasteiger partial charge in [-0.15, -0.1) is 35.0 Å². The van der Waals surface area contributed by atoms with Crippen LogP contribution in [0.1, 0.15) is 26.5 Å². The van der Waals surface area contributed by atoms with E-state index in [4.69, 9.17) is 4.98 Å². The number of rotatable bonds is 0. The first-order valence-electron chi connectivity index (χ1n) is 7.12. The number of fused-ring (bicyclic) bond motifs is 5. The molecular weight excluding hydrogens is 450 g/mol. The van der Waals surface area contributed by atoms with E-state index >= 15 is 0 Å². The van der Waals surface area contributed by atoms with Crippen molar-refractivity contribution in [2.45, 2.75) is 26.2 Å². The van der Waals surface area contributed by atoms with Crippen LogP contribution < -0.4 is 0 Å². The van der Waals surface area contributed by atoms with Crippen LogP contribution in [0.3, 0.4) is 0 Å². The summed E-state index contributed by atoms with van der Waals surface area (Å²) in [7, 11) is 0. The third kappa shape index (κ3) is 2.23. The van der Waals surface area contributed by atoms with Gasteiger partial charge in [-0.2, -0.15) is 0 Å². The number of hydrogen-bond donors (Lipinski definition) is 0. The topological polar surface area (TPSA) is 30.2 Å². The van der Waals surface area contributed by atoms with Crippen LogP contribution in [0.4, 0.5) is 0 Å². The molecule has 0 saturated heterocycles. The first-order valence-corrected chi connectivity index (χ1v) is 7.12. The van der Waals surface area contributed by atoms with Crippen LogP contribution in [-0.4, -0.2) is 14.4 Å². The van der Waals surface area contributed by atoms with Crippen molar-refractivity contribution in [2.24, 2.45) is 0 Å². The molecule has 4 heteroatoms. The quantitative estimate of drug-likeness (QED) is 0.365. The Morgan fingerprint density at radius 2 is 2.00 bits per heavy atom. The van der Waals surface area contributed by atoms with E-state index in [0.29, 0.717) is 0 Å². The molecule has 4 aromatic rings. The largest absolute Gasteiger partial charge is 0.339 e. The Morgan fingerprint density at radius 3 is 2.77 bits per heavy atom. The standard InChI is InChI=1S/C18H16N3.Ir/c1-18(2,3)16-10-14-15(11-19-16)21-9-8-12-6-4-5-7-13(12)17(21)20-14;/h4-6,8-11H,1-3H3;/q-1;. The van der Waals surface area contributed by atoms with E-state index in [2.05, 4.69) is 60.6 Å². The van der Waals surface area contributed by atoms with E-state index in [9.17, 15) is 0 Å². The number of nitrogens with zero attached hydrogens (tertiary/aromatic N) is 3. The van der Waals surface area contributed by atoms with Gasteiger partial charge in [-0.1, -0.05) is 26.8 Å². The van der Waals surface area contributed by atoms with Gasteiger partial charge in [0.05, 0.1) is 22.9 Å². The smallest absolute Gasteiger partial charge is 0.0817 e. The molecule has 0 spiro atoms. The molecule has 0 aliphatic rings. The molecular formula is C18H16IrN3-. The molecule has 0 bridgehead atoms. The van der Waals surface area contributed by atoms with E-state index in [1.165, 1.54) is 0 Å². The Morgan fingerprint density at radius 1 is 1.18 bits per heavy atom. The van der Waals surface area contributed by atoms with Crippen molar-refractivity contribution in [3.05, 3.63) is 54.5 Å². The van der Waals surface area contributed by atoms with E-state index in [1.807, 2.05) is 18.3 Å². The third-order valence-electron chi connectivity index (χ3n) is 3.86. The van der Waals surface area contributed by atoms with Crippen molar-refractivity contribution in [1.82, 2.24) is 14.4 Å². The molecule has 3 aromatic heterocycles. The third-order valence-corrected chi connectivity index (χ3v) is 3.86. The number of benzene rings is 1. The minimum atomic E-state index is 0. The van der Waals surface area contributed by atoms with Crippen molar-refractivity contribution >= 4 is 27.5 Å². The molecule has 113 valence electrons. The summed E-state index contributed by atoms with van der Waals surface area (Å²) in [6.07, 6.45) is 3.98. The van der Waals surface area contributed by atoms with Gasteiger partial charge < -0.3 is 4.40 Å². The maximum Gasteiger partial charge on any atom is 0.0817 e. The minimum Gasteiger partial charge on any atom is -0.339 e. The molecule has 0 saturated carbocycles. The Kier molecular flexibility index (Phi) is 3.54. The van der Waals surface area contributed by atoms with Crippen molar-refractivity contribution in [2.75, 3.05) is 0 Å². The van der Waals surface area contributed by atoms with Crippen molar-refractivity contribution < 1.29 is 20.1 Å². The number of imidazole rings is 1. The first-order chi connectivity index (χ1) is 10.0. The Hall–Kier alpha value is -1.77. The zero-order valence-corrected chi connectivity index (χ0v) is 15.1. The number of aromatic nitrogens is 3. The molecule has 0 atom stereocenters. The summed E-state index contributed by atoms with van der Waals surface area (Å²) in [4.78, 5) is 9.42. The van der Waals surface area contributed by atoms with Crippen molar-refractivity contribution in [1.29, 1.82) is 0 Å². The molecule has 0 unspecified atom stereocenters. The molecule has 0 fully saturated rings. The second-order valence-corrected chi connectivity index (χ2v) is 6.43. The fourth-order valence-corrected chi connectivity index (χ4v) is 2.67. The average molecular weight is 467 g/mol. The molecule has 0 N–H and O–H groups in total. The Bertz CT molecular complexity index is 980. The zero-order valence-electron chi connectivity index (χ0n) is 12.7. The predicted octanol–water partition coefficient (Wildman–Crippen LogP) is 4.13. The molecule has 4 rings (SSSR count). The summed E-state index contributed by atoms with van der Waals surface area (Å²) in [5.41, 5.74) is 4.05. The second kappa shape index (κ2) is 5.15.